The number of carbonyl (C=O) groups is 1. The van der Waals surface area contributed by atoms with Crippen LogP contribution in [0.1, 0.15) is 43.6 Å². The van der Waals surface area contributed by atoms with Crippen molar-refractivity contribution >= 4 is 34.1 Å². The zero-order valence-corrected chi connectivity index (χ0v) is 14.8. The number of anilines is 1. The van der Waals surface area contributed by atoms with Crippen LogP contribution in [0.15, 0.2) is 34.9 Å². The number of nitrogens with zero attached hydrogens (tertiary/aromatic N) is 2. The third kappa shape index (κ3) is 4.32. The molecule has 1 atom stereocenters. The number of pyridine rings is 1. The summed E-state index contributed by atoms with van der Waals surface area (Å²) in [5, 5.41) is 6.48. The maximum Gasteiger partial charge on any atom is 0.233 e. The van der Waals surface area contributed by atoms with Gasteiger partial charge in [0, 0.05) is 17.8 Å². The average molecular weight is 348 g/mol. The van der Waals surface area contributed by atoms with Gasteiger partial charge in [-0.2, -0.15) is 0 Å². The molecule has 1 saturated carbocycles. The fourth-order valence-corrected chi connectivity index (χ4v) is 4.06. The Hall–Kier alpha value is -1.40. The second kappa shape index (κ2) is 7.93. The Morgan fingerprint density at radius 2 is 2.22 bits per heavy atom. The van der Waals surface area contributed by atoms with Crippen molar-refractivity contribution in [2.45, 2.75) is 43.0 Å². The van der Waals surface area contributed by atoms with Gasteiger partial charge >= 0.3 is 0 Å². The Bertz CT molecular complexity index is 622. The van der Waals surface area contributed by atoms with E-state index in [9.17, 15) is 4.79 Å². The number of nitrogens with one attached hydrogen (secondary N) is 1. The van der Waals surface area contributed by atoms with Gasteiger partial charge in [-0.1, -0.05) is 31.7 Å². The number of carbonyl (C=O) groups excluding carboxylic acids is 1. The van der Waals surface area contributed by atoms with Crippen molar-refractivity contribution in [3.05, 3.63) is 35.5 Å². The van der Waals surface area contributed by atoms with Crippen LogP contribution in [0, 0.1) is 5.92 Å². The number of thiazole rings is 1. The number of hydrogen-bond donors (Lipinski definition) is 1. The van der Waals surface area contributed by atoms with E-state index in [1.165, 1.54) is 37.0 Å². The molecule has 1 unspecified atom stereocenters. The van der Waals surface area contributed by atoms with Gasteiger partial charge in [0.15, 0.2) is 5.13 Å². The topological polar surface area (TPSA) is 54.9 Å². The molecule has 1 aliphatic carbocycles. The van der Waals surface area contributed by atoms with Gasteiger partial charge in [-0.15, -0.1) is 23.1 Å². The maximum absolute atomic E-state index is 12.8. The van der Waals surface area contributed by atoms with Gasteiger partial charge in [0.25, 0.3) is 0 Å². The van der Waals surface area contributed by atoms with Gasteiger partial charge in [-0.25, -0.2) is 9.97 Å². The van der Waals surface area contributed by atoms with Gasteiger partial charge < -0.3 is 5.32 Å². The zero-order chi connectivity index (χ0) is 16.1. The molecule has 122 valence electrons. The van der Waals surface area contributed by atoms with Crippen LogP contribution in [0.5, 0.6) is 0 Å². The standard InChI is InChI=1S/C17H21N3OS2/c1-22-15-7-6-13(11-19-15)14(10-12-4-2-3-5-12)16(21)20-17-18-8-9-23-17/h6-9,11-12,14H,2-5,10H2,1H3,(H,18,20,21). The van der Waals surface area contributed by atoms with Crippen molar-refractivity contribution < 1.29 is 4.79 Å². The second-order valence-electron chi connectivity index (χ2n) is 5.90. The van der Waals surface area contributed by atoms with E-state index in [-0.39, 0.29) is 11.8 Å². The lowest BCUT2D eigenvalue weighted by Crippen LogP contribution is -2.23. The van der Waals surface area contributed by atoms with E-state index >= 15 is 0 Å². The molecule has 6 heteroatoms. The molecule has 2 aromatic heterocycles. The van der Waals surface area contributed by atoms with Crippen LogP contribution in [-0.2, 0) is 4.79 Å². The smallest absolute Gasteiger partial charge is 0.233 e. The minimum Gasteiger partial charge on any atom is -0.301 e. The van der Waals surface area contributed by atoms with Gasteiger partial charge in [-0.05, 0) is 30.2 Å². The molecule has 2 aromatic rings. The van der Waals surface area contributed by atoms with Crippen LogP contribution in [-0.4, -0.2) is 22.1 Å². The number of aromatic nitrogens is 2. The minimum absolute atomic E-state index is 0.0329. The van der Waals surface area contributed by atoms with E-state index in [1.54, 1.807) is 18.0 Å². The number of rotatable bonds is 6. The molecule has 1 aliphatic rings. The van der Waals surface area contributed by atoms with Crippen molar-refractivity contribution in [3.8, 4) is 0 Å². The quantitative estimate of drug-likeness (QED) is 0.778. The van der Waals surface area contributed by atoms with Crippen molar-refractivity contribution in [3.63, 3.8) is 0 Å². The molecule has 23 heavy (non-hydrogen) atoms. The Labute approximate surface area is 145 Å². The first-order valence-corrected chi connectivity index (χ1v) is 10.1. The molecular weight excluding hydrogens is 326 g/mol. The first kappa shape index (κ1) is 16.5. The highest BCUT2D eigenvalue weighted by atomic mass is 32.2. The zero-order valence-electron chi connectivity index (χ0n) is 13.2. The monoisotopic (exact) mass is 347 g/mol. The van der Waals surface area contributed by atoms with E-state index < -0.39 is 0 Å². The number of amides is 1. The minimum atomic E-state index is -0.148. The summed E-state index contributed by atoms with van der Waals surface area (Å²) < 4.78 is 0. The van der Waals surface area contributed by atoms with E-state index in [0.29, 0.717) is 11.0 Å². The normalized spacial score (nSPS) is 16.4. The van der Waals surface area contributed by atoms with Crippen LogP contribution in [0.2, 0.25) is 0 Å². The molecule has 3 rings (SSSR count). The molecule has 0 bridgehead atoms. The number of hydrogen-bond acceptors (Lipinski definition) is 5. The highest BCUT2D eigenvalue weighted by Gasteiger charge is 2.27. The highest BCUT2D eigenvalue weighted by Crippen LogP contribution is 2.35. The summed E-state index contributed by atoms with van der Waals surface area (Å²) in [5.74, 6) is 0.526. The fraction of sp³-hybridized carbons (Fsp3) is 0.471. The Balaban J connectivity index is 1.77. The summed E-state index contributed by atoms with van der Waals surface area (Å²) >= 11 is 3.06. The van der Waals surface area contributed by atoms with Crippen molar-refractivity contribution in [2.75, 3.05) is 11.6 Å². The Morgan fingerprint density at radius 3 is 2.83 bits per heavy atom. The van der Waals surface area contributed by atoms with Crippen molar-refractivity contribution in [1.82, 2.24) is 9.97 Å². The number of thioether (sulfide) groups is 1. The van der Waals surface area contributed by atoms with E-state index in [2.05, 4.69) is 15.3 Å². The average Bonchev–Trinajstić information content (AvgIpc) is 3.26. The predicted molar refractivity (Wildman–Crippen MR) is 96.1 cm³/mol. The molecule has 0 aliphatic heterocycles. The Morgan fingerprint density at radius 1 is 1.39 bits per heavy atom. The lowest BCUT2D eigenvalue weighted by molar-refractivity contribution is -0.118. The molecule has 4 nitrogen and oxygen atoms in total. The van der Waals surface area contributed by atoms with Gasteiger partial charge in [0.05, 0.1) is 10.9 Å². The van der Waals surface area contributed by atoms with Crippen LogP contribution in [0.4, 0.5) is 5.13 Å². The third-order valence-electron chi connectivity index (χ3n) is 4.39. The summed E-state index contributed by atoms with van der Waals surface area (Å²) in [6.07, 6.45) is 11.5. The van der Waals surface area contributed by atoms with Crippen LogP contribution in [0.25, 0.3) is 0 Å². The summed E-state index contributed by atoms with van der Waals surface area (Å²) in [6.45, 7) is 0. The molecule has 1 amide bonds. The Kier molecular flexibility index (Phi) is 5.67. The summed E-state index contributed by atoms with van der Waals surface area (Å²) in [6, 6.07) is 4.04. The third-order valence-corrected chi connectivity index (χ3v) is 5.74. The largest absolute Gasteiger partial charge is 0.301 e. The predicted octanol–water partition coefficient (Wildman–Crippen LogP) is 4.56. The van der Waals surface area contributed by atoms with Crippen molar-refractivity contribution in [2.24, 2.45) is 5.92 Å². The molecule has 0 radical (unpaired) electrons. The first-order chi connectivity index (χ1) is 11.3. The first-order valence-electron chi connectivity index (χ1n) is 7.96. The van der Waals surface area contributed by atoms with E-state index in [1.807, 2.05) is 30.0 Å². The van der Waals surface area contributed by atoms with Gasteiger partial charge in [0.2, 0.25) is 5.91 Å². The van der Waals surface area contributed by atoms with Gasteiger partial charge in [0.1, 0.15) is 0 Å². The summed E-state index contributed by atoms with van der Waals surface area (Å²) in [5.41, 5.74) is 1.00. The van der Waals surface area contributed by atoms with Gasteiger partial charge in [-0.3, -0.25) is 4.79 Å². The van der Waals surface area contributed by atoms with Crippen molar-refractivity contribution in [1.29, 1.82) is 0 Å². The molecule has 1 fully saturated rings. The van der Waals surface area contributed by atoms with E-state index in [4.69, 9.17) is 0 Å². The molecule has 0 spiro atoms. The fourth-order valence-electron chi connectivity index (χ4n) is 3.17. The van der Waals surface area contributed by atoms with Crippen LogP contribution >= 0.6 is 23.1 Å². The SMILES string of the molecule is CSc1ccc(C(CC2CCCC2)C(=O)Nc2nccs2)cn1. The molecular formula is C17H21N3OS2. The lowest BCUT2D eigenvalue weighted by atomic mass is 9.88. The molecule has 0 saturated heterocycles. The second-order valence-corrected chi connectivity index (χ2v) is 7.62. The molecule has 1 N–H and O–H groups in total. The molecule has 2 heterocycles. The molecule has 0 aromatic carbocycles. The summed E-state index contributed by atoms with van der Waals surface area (Å²) in [4.78, 5) is 21.4. The van der Waals surface area contributed by atoms with Crippen LogP contribution < -0.4 is 5.32 Å². The maximum atomic E-state index is 12.8. The van der Waals surface area contributed by atoms with Crippen LogP contribution in [0.3, 0.4) is 0 Å². The summed E-state index contributed by atoms with van der Waals surface area (Å²) in [7, 11) is 0. The highest BCUT2D eigenvalue weighted by molar-refractivity contribution is 7.98. The van der Waals surface area contributed by atoms with E-state index in [0.717, 1.165) is 17.0 Å². The lowest BCUT2D eigenvalue weighted by Gasteiger charge is -2.20.